The molecule has 3 nitrogen and oxygen atoms in total. The fourth-order valence-electron chi connectivity index (χ4n) is 1.72. The van der Waals surface area contributed by atoms with Gasteiger partial charge in [0, 0.05) is 32.1 Å². The predicted octanol–water partition coefficient (Wildman–Crippen LogP) is 3.33. The van der Waals surface area contributed by atoms with E-state index in [0.29, 0.717) is 5.92 Å². The van der Waals surface area contributed by atoms with Gasteiger partial charge in [-0.25, -0.2) is 4.98 Å². The third kappa shape index (κ3) is 2.67. The summed E-state index contributed by atoms with van der Waals surface area (Å²) in [5, 5.41) is 0. The summed E-state index contributed by atoms with van der Waals surface area (Å²) in [7, 11) is 3.97. The van der Waals surface area contributed by atoms with E-state index in [9.17, 15) is 0 Å². The van der Waals surface area contributed by atoms with Crippen LogP contribution in [0.3, 0.4) is 0 Å². The molecule has 94 valence electrons. The average molecular weight is 241 g/mol. The van der Waals surface area contributed by atoms with Gasteiger partial charge in [0.2, 0.25) is 0 Å². The van der Waals surface area contributed by atoms with Gasteiger partial charge >= 0.3 is 0 Å². The molecule has 0 aliphatic heterocycles. The van der Waals surface area contributed by atoms with Crippen LogP contribution in [0, 0.1) is 0 Å². The van der Waals surface area contributed by atoms with Gasteiger partial charge in [-0.2, -0.15) is 0 Å². The van der Waals surface area contributed by atoms with Crippen LogP contribution in [0.25, 0.3) is 11.3 Å². The van der Waals surface area contributed by atoms with E-state index in [0.717, 1.165) is 17.1 Å². The van der Waals surface area contributed by atoms with Crippen LogP contribution in [0.15, 0.2) is 36.7 Å². The van der Waals surface area contributed by atoms with Crippen molar-refractivity contribution in [3.05, 3.63) is 42.2 Å². The Morgan fingerprint density at radius 1 is 0.944 bits per heavy atom. The maximum absolute atomic E-state index is 4.49. The molecular weight excluding hydrogens is 222 g/mol. The van der Waals surface area contributed by atoms with Crippen LogP contribution >= 0.6 is 0 Å². The molecule has 0 amide bonds. The molecule has 0 spiro atoms. The SMILES string of the molecule is CC(C)c1ccc(-c2ccc(N(C)C)nc2)nc1. The van der Waals surface area contributed by atoms with E-state index in [1.807, 2.05) is 37.5 Å². The van der Waals surface area contributed by atoms with E-state index in [2.05, 4.69) is 42.0 Å². The van der Waals surface area contributed by atoms with Crippen molar-refractivity contribution in [2.24, 2.45) is 0 Å². The molecular formula is C15H19N3. The Kier molecular flexibility index (Phi) is 3.60. The Balaban J connectivity index is 2.25. The lowest BCUT2D eigenvalue weighted by Crippen LogP contribution is -2.10. The Hall–Kier alpha value is -1.90. The fraction of sp³-hybridized carbons (Fsp3) is 0.333. The molecule has 2 heterocycles. The van der Waals surface area contributed by atoms with Gasteiger partial charge in [-0.15, -0.1) is 0 Å². The third-order valence-electron chi connectivity index (χ3n) is 2.95. The van der Waals surface area contributed by atoms with Crippen LogP contribution in [0.4, 0.5) is 5.82 Å². The Morgan fingerprint density at radius 2 is 1.72 bits per heavy atom. The maximum Gasteiger partial charge on any atom is 0.127 e. The van der Waals surface area contributed by atoms with Crippen molar-refractivity contribution >= 4 is 5.82 Å². The second kappa shape index (κ2) is 5.17. The molecule has 0 unspecified atom stereocenters. The molecule has 0 aliphatic carbocycles. The molecule has 0 bridgehead atoms. The molecule has 0 saturated carbocycles. The van der Waals surface area contributed by atoms with Crippen LogP contribution in [0.1, 0.15) is 25.3 Å². The molecule has 0 N–H and O–H groups in total. The smallest absolute Gasteiger partial charge is 0.127 e. The minimum Gasteiger partial charge on any atom is -0.363 e. The van der Waals surface area contributed by atoms with Crippen molar-refractivity contribution in [3.8, 4) is 11.3 Å². The molecule has 2 aromatic heterocycles. The summed E-state index contributed by atoms with van der Waals surface area (Å²) < 4.78 is 0. The van der Waals surface area contributed by atoms with Gasteiger partial charge in [-0.05, 0) is 29.7 Å². The summed E-state index contributed by atoms with van der Waals surface area (Å²) in [6, 6.07) is 8.25. The highest BCUT2D eigenvalue weighted by Gasteiger charge is 2.03. The largest absolute Gasteiger partial charge is 0.363 e. The van der Waals surface area contributed by atoms with E-state index >= 15 is 0 Å². The van der Waals surface area contributed by atoms with Gasteiger partial charge in [-0.3, -0.25) is 4.98 Å². The van der Waals surface area contributed by atoms with Gasteiger partial charge in [0.05, 0.1) is 5.69 Å². The highest BCUT2D eigenvalue weighted by Crippen LogP contribution is 2.20. The zero-order chi connectivity index (χ0) is 13.1. The number of anilines is 1. The van der Waals surface area contributed by atoms with Gasteiger partial charge < -0.3 is 4.90 Å². The Bertz CT molecular complexity index is 449. The van der Waals surface area contributed by atoms with Crippen LogP contribution in [0.2, 0.25) is 0 Å². The van der Waals surface area contributed by atoms with Gasteiger partial charge in [0.1, 0.15) is 5.82 Å². The Labute approximate surface area is 109 Å². The molecule has 3 heteroatoms. The highest BCUT2D eigenvalue weighted by atomic mass is 15.1. The van der Waals surface area contributed by atoms with Crippen LogP contribution in [0.5, 0.6) is 0 Å². The zero-order valence-corrected chi connectivity index (χ0v) is 11.4. The number of pyridine rings is 2. The summed E-state index contributed by atoms with van der Waals surface area (Å²) in [6.45, 7) is 4.34. The molecule has 2 aromatic rings. The quantitative estimate of drug-likeness (QED) is 0.825. The first-order valence-corrected chi connectivity index (χ1v) is 6.17. The summed E-state index contributed by atoms with van der Waals surface area (Å²) in [4.78, 5) is 10.9. The summed E-state index contributed by atoms with van der Waals surface area (Å²) in [5.74, 6) is 1.47. The van der Waals surface area contributed by atoms with E-state index in [-0.39, 0.29) is 0 Å². The maximum atomic E-state index is 4.49. The van der Waals surface area contributed by atoms with E-state index in [4.69, 9.17) is 0 Å². The molecule has 0 aliphatic rings. The molecule has 0 saturated heterocycles. The summed E-state index contributed by atoms with van der Waals surface area (Å²) in [5.41, 5.74) is 3.28. The van der Waals surface area contributed by atoms with Crippen molar-refractivity contribution in [1.29, 1.82) is 0 Å². The van der Waals surface area contributed by atoms with Crippen LogP contribution in [-0.4, -0.2) is 24.1 Å². The lowest BCUT2D eigenvalue weighted by molar-refractivity contribution is 0.859. The number of aromatic nitrogens is 2. The topological polar surface area (TPSA) is 29.0 Å². The van der Waals surface area contributed by atoms with Gasteiger partial charge in [-0.1, -0.05) is 19.9 Å². The second-order valence-electron chi connectivity index (χ2n) is 4.93. The molecule has 0 radical (unpaired) electrons. The van der Waals surface area contributed by atoms with Crippen molar-refractivity contribution in [2.75, 3.05) is 19.0 Å². The molecule has 0 fully saturated rings. The van der Waals surface area contributed by atoms with Crippen LogP contribution < -0.4 is 4.90 Å². The number of hydrogen-bond donors (Lipinski definition) is 0. The molecule has 0 atom stereocenters. The number of hydrogen-bond acceptors (Lipinski definition) is 3. The molecule has 2 rings (SSSR count). The van der Waals surface area contributed by atoms with Crippen molar-refractivity contribution < 1.29 is 0 Å². The normalized spacial score (nSPS) is 10.7. The lowest BCUT2D eigenvalue weighted by Gasteiger charge is -2.11. The minimum absolute atomic E-state index is 0.515. The summed E-state index contributed by atoms with van der Waals surface area (Å²) >= 11 is 0. The molecule has 18 heavy (non-hydrogen) atoms. The van der Waals surface area contributed by atoms with Crippen molar-refractivity contribution in [3.63, 3.8) is 0 Å². The van der Waals surface area contributed by atoms with Crippen molar-refractivity contribution in [2.45, 2.75) is 19.8 Å². The van der Waals surface area contributed by atoms with E-state index in [1.165, 1.54) is 5.56 Å². The van der Waals surface area contributed by atoms with Crippen LogP contribution in [-0.2, 0) is 0 Å². The first-order valence-electron chi connectivity index (χ1n) is 6.17. The van der Waals surface area contributed by atoms with E-state index in [1.54, 1.807) is 0 Å². The lowest BCUT2D eigenvalue weighted by atomic mass is 10.0. The number of nitrogens with zero attached hydrogens (tertiary/aromatic N) is 3. The third-order valence-corrected chi connectivity index (χ3v) is 2.95. The van der Waals surface area contributed by atoms with Gasteiger partial charge in [0.15, 0.2) is 0 Å². The number of rotatable bonds is 3. The fourth-order valence-corrected chi connectivity index (χ4v) is 1.72. The Morgan fingerprint density at radius 3 is 2.17 bits per heavy atom. The first kappa shape index (κ1) is 12.6. The van der Waals surface area contributed by atoms with Crippen molar-refractivity contribution in [1.82, 2.24) is 9.97 Å². The standard InChI is InChI=1S/C15H19N3/c1-11(2)12-5-7-14(16-9-12)13-6-8-15(17-10-13)18(3)4/h5-11H,1-4H3. The van der Waals surface area contributed by atoms with E-state index < -0.39 is 0 Å². The first-order chi connectivity index (χ1) is 8.58. The summed E-state index contributed by atoms with van der Waals surface area (Å²) in [6.07, 6.45) is 3.81. The highest BCUT2D eigenvalue weighted by molar-refractivity contribution is 5.59. The minimum atomic E-state index is 0.515. The average Bonchev–Trinajstić information content (AvgIpc) is 2.39. The second-order valence-corrected chi connectivity index (χ2v) is 4.93. The monoisotopic (exact) mass is 241 g/mol. The predicted molar refractivity (Wildman–Crippen MR) is 75.9 cm³/mol. The zero-order valence-electron chi connectivity index (χ0n) is 11.4. The molecule has 0 aromatic carbocycles. The van der Waals surface area contributed by atoms with Gasteiger partial charge in [0.25, 0.3) is 0 Å².